The van der Waals surface area contributed by atoms with Gasteiger partial charge >= 0.3 is 0 Å². The van der Waals surface area contributed by atoms with Gasteiger partial charge in [-0.2, -0.15) is 5.26 Å². The Bertz CT molecular complexity index is 1300. The first-order chi connectivity index (χ1) is 14.7. The van der Waals surface area contributed by atoms with E-state index in [1.165, 1.54) is 6.07 Å². The molecule has 3 aromatic carbocycles. The second kappa shape index (κ2) is 8.76. The Balaban J connectivity index is 1.64. The van der Waals surface area contributed by atoms with Gasteiger partial charge in [-0.3, -0.25) is 9.59 Å². The first-order valence-electron chi connectivity index (χ1n) is 9.35. The quantitative estimate of drug-likeness (QED) is 0.286. The fourth-order valence-electron chi connectivity index (χ4n) is 3.31. The van der Waals surface area contributed by atoms with E-state index in [4.69, 9.17) is 0 Å². The highest BCUT2D eigenvalue weighted by Crippen LogP contribution is 2.29. The molecular weight excluding hydrogens is 394 g/mol. The fraction of sp³-hybridized carbons (Fsp3) is 0.0833. The maximum absolute atomic E-state index is 12.4. The molecule has 6 heteroatoms. The largest absolute Gasteiger partial charge is 0.301 e. The maximum atomic E-state index is 12.4. The summed E-state index contributed by atoms with van der Waals surface area (Å²) < 4.78 is 0. The van der Waals surface area contributed by atoms with Crippen LogP contribution < -0.4 is 5.56 Å². The zero-order valence-electron chi connectivity index (χ0n) is 15.9. The number of H-pyrrole nitrogens is 1. The van der Waals surface area contributed by atoms with Crippen molar-refractivity contribution in [2.45, 2.75) is 11.1 Å². The molecule has 0 aliphatic heterocycles. The topological polar surface area (TPSA) is 86.6 Å². The van der Waals surface area contributed by atoms with Gasteiger partial charge < -0.3 is 4.98 Å². The number of hydrogen-bond donors (Lipinski definition) is 1. The minimum Gasteiger partial charge on any atom is -0.301 e. The number of ketones is 1. The number of aromatic amines is 1. The van der Waals surface area contributed by atoms with Gasteiger partial charge in [-0.05, 0) is 16.3 Å². The van der Waals surface area contributed by atoms with Gasteiger partial charge in [0.25, 0.3) is 5.56 Å². The van der Waals surface area contributed by atoms with E-state index in [0.717, 1.165) is 28.1 Å². The third-order valence-electron chi connectivity index (χ3n) is 4.73. The predicted molar refractivity (Wildman–Crippen MR) is 118 cm³/mol. The lowest BCUT2D eigenvalue weighted by Crippen LogP contribution is -2.14. The van der Waals surface area contributed by atoms with Crippen LogP contribution in [-0.2, 0) is 0 Å². The van der Waals surface area contributed by atoms with Crippen LogP contribution in [0.25, 0.3) is 10.8 Å². The average Bonchev–Trinajstić information content (AvgIpc) is 2.78. The molecule has 0 fully saturated rings. The van der Waals surface area contributed by atoms with Crippen molar-refractivity contribution in [3.63, 3.8) is 0 Å². The van der Waals surface area contributed by atoms with Crippen LogP contribution in [0.2, 0.25) is 0 Å². The van der Waals surface area contributed by atoms with Crippen molar-refractivity contribution < 1.29 is 4.79 Å². The fourth-order valence-corrected chi connectivity index (χ4v) is 4.09. The summed E-state index contributed by atoms with van der Waals surface area (Å²) >= 11 is 1.15. The van der Waals surface area contributed by atoms with Crippen LogP contribution in [0.4, 0.5) is 0 Å². The van der Waals surface area contributed by atoms with E-state index < -0.39 is 5.92 Å². The molecule has 1 N–H and O–H groups in total. The van der Waals surface area contributed by atoms with Gasteiger partial charge in [-0.15, -0.1) is 0 Å². The van der Waals surface area contributed by atoms with Crippen molar-refractivity contribution in [1.29, 1.82) is 5.26 Å². The minimum absolute atomic E-state index is 0.0560. The lowest BCUT2D eigenvalue weighted by molar-refractivity contribution is 0.102. The van der Waals surface area contributed by atoms with Crippen molar-refractivity contribution in [1.82, 2.24) is 9.97 Å². The number of nitriles is 1. The summed E-state index contributed by atoms with van der Waals surface area (Å²) in [6.07, 6.45) is 0. The van der Waals surface area contributed by atoms with Gasteiger partial charge in [0.05, 0.1) is 17.5 Å². The Hall–Kier alpha value is -3.69. The molecule has 0 aliphatic rings. The summed E-state index contributed by atoms with van der Waals surface area (Å²) in [6.45, 7) is 0. The molecule has 146 valence electrons. The van der Waals surface area contributed by atoms with Gasteiger partial charge in [-0.1, -0.05) is 84.6 Å². The number of carbonyl (C=O) groups is 1. The van der Waals surface area contributed by atoms with E-state index in [0.29, 0.717) is 16.4 Å². The van der Waals surface area contributed by atoms with Gasteiger partial charge in [0, 0.05) is 11.6 Å². The first-order valence-corrected chi connectivity index (χ1v) is 10.3. The van der Waals surface area contributed by atoms with Crippen LogP contribution >= 0.6 is 11.8 Å². The number of Topliss-reactive ketones (excluding diaryl/α,β-unsaturated/α-hetero) is 1. The number of rotatable bonds is 6. The summed E-state index contributed by atoms with van der Waals surface area (Å²) in [5.74, 6) is -0.607. The molecule has 30 heavy (non-hydrogen) atoms. The Morgan fingerprint density at radius 3 is 2.57 bits per heavy atom. The van der Waals surface area contributed by atoms with Crippen LogP contribution in [0, 0.1) is 11.3 Å². The number of fused-ring (bicyclic) bond motifs is 1. The number of nitrogens with one attached hydrogen (secondary N) is 1. The van der Waals surface area contributed by atoms with E-state index >= 15 is 0 Å². The van der Waals surface area contributed by atoms with Crippen LogP contribution in [-0.4, -0.2) is 21.5 Å². The molecule has 0 aliphatic carbocycles. The molecule has 0 saturated carbocycles. The number of hydrogen-bond acceptors (Lipinski definition) is 5. The minimum atomic E-state index is -0.692. The SMILES string of the molecule is N#CC(c1cc(=O)[nH]c(SCC(=O)c2ccccc2)n1)c1cccc2ccccc12. The molecule has 0 spiro atoms. The van der Waals surface area contributed by atoms with Crippen molar-refractivity contribution in [2.75, 3.05) is 5.75 Å². The van der Waals surface area contributed by atoms with Crippen LogP contribution in [0.1, 0.15) is 27.5 Å². The summed E-state index contributed by atoms with van der Waals surface area (Å²) in [6, 6.07) is 26.1. The Labute approximate surface area is 177 Å². The van der Waals surface area contributed by atoms with Crippen molar-refractivity contribution in [3.05, 3.63) is 106 Å². The molecule has 0 saturated heterocycles. The van der Waals surface area contributed by atoms with Gasteiger partial charge in [-0.25, -0.2) is 4.98 Å². The molecule has 0 bridgehead atoms. The number of carbonyl (C=O) groups excluding carboxylic acids is 1. The van der Waals surface area contributed by atoms with Crippen LogP contribution in [0.3, 0.4) is 0 Å². The molecule has 4 aromatic rings. The van der Waals surface area contributed by atoms with Gasteiger partial charge in [0.15, 0.2) is 10.9 Å². The molecule has 1 heterocycles. The summed E-state index contributed by atoms with van der Waals surface area (Å²) in [7, 11) is 0. The van der Waals surface area contributed by atoms with Crippen molar-refractivity contribution >= 4 is 28.3 Å². The molecule has 1 aromatic heterocycles. The molecule has 1 unspecified atom stereocenters. The van der Waals surface area contributed by atoms with E-state index in [-0.39, 0.29) is 17.1 Å². The third-order valence-corrected chi connectivity index (χ3v) is 5.61. The highest BCUT2D eigenvalue weighted by Gasteiger charge is 2.19. The van der Waals surface area contributed by atoms with E-state index in [1.54, 1.807) is 24.3 Å². The highest BCUT2D eigenvalue weighted by molar-refractivity contribution is 7.99. The monoisotopic (exact) mass is 411 g/mol. The standard InChI is InChI=1S/C24H17N3O2S/c25-14-20(19-12-6-10-16-7-4-5-11-18(16)19)21-13-23(29)27-24(26-21)30-15-22(28)17-8-2-1-3-9-17/h1-13,20H,15H2,(H,26,27,29). The Kier molecular flexibility index (Phi) is 5.73. The molecule has 0 amide bonds. The normalized spacial score (nSPS) is 11.7. The molecule has 0 radical (unpaired) electrons. The molecular formula is C24H17N3O2S. The molecule has 5 nitrogen and oxygen atoms in total. The van der Waals surface area contributed by atoms with E-state index in [2.05, 4.69) is 16.0 Å². The predicted octanol–water partition coefficient (Wildman–Crippen LogP) is 4.55. The number of nitrogens with zero attached hydrogens (tertiary/aromatic N) is 2. The summed E-state index contributed by atoms with van der Waals surface area (Å²) in [5.41, 5.74) is 1.42. The number of thioether (sulfide) groups is 1. The lowest BCUT2D eigenvalue weighted by Gasteiger charge is -2.13. The second-order valence-corrected chi connectivity index (χ2v) is 7.65. The van der Waals surface area contributed by atoms with E-state index in [1.807, 2.05) is 48.5 Å². The first kappa shape index (κ1) is 19.6. The zero-order chi connectivity index (χ0) is 20.9. The maximum Gasteiger partial charge on any atom is 0.251 e. The number of aromatic nitrogens is 2. The van der Waals surface area contributed by atoms with Gasteiger partial charge in [0.2, 0.25) is 0 Å². The second-order valence-electron chi connectivity index (χ2n) is 6.68. The van der Waals surface area contributed by atoms with Crippen molar-refractivity contribution in [3.8, 4) is 6.07 Å². The van der Waals surface area contributed by atoms with Crippen LogP contribution in [0.5, 0.6) is 0 Å². The number of benzene rings is 3. The molecule has 4 rings (SSSR count). The third kappa shape index (κ3) is 4.17. The average molecular weight is 411 g/mol. The van der Waals surface area contributed by atoms with Gasteiger partial charge in [0.1, 0.15) is 5.92 Å². The van der Waals surface area contributed by atoms with Crippen LogP contribution in [0.15, 0.2) is 88.8 Å². The van der Waals surface area contributed by atoms with E-state index in [9.17, 15) is 14.9 Å². The van der Waals surface area contributed by atoms with Crippen molar-refractivity contribution in [2.24, 2.45) is 0 Å². The lowest BCUT2D eigenvalue weighted by atomic mass is 9.92. The summed E-state index contributed by atoms with van der Waals surface area (Å²) in [4.78, 5) is 31.7. The summed E-state index contributed by atoms with van der Waals surface area (Å²) in [5, 5.41) is 12.2. The molecule has 1 atom stereocenters. The zero-order valence-corrected chi connectivity index (χ0v) is 16.7. The highest BCUT2D eigenvalue weighted by atomic mass is 32.2. The smallest absolute Gasteiger partial charge is 0.251 e. The Morgan fingerprint density at radius 1 is 1.03 bits per heavy atom. The Morgan fingerprint density at radius 2 is 1.77 bits per heavy atom.